The van der Waals surface area contributed by atoms with Crippen molar-refractivity contribution >= 4 is 49.6 Å². The molecule has 0 bridgehead atoms. The number of nitrogens with zero attached hydrogens (tertiary/aromatic N) is 2. The van der Waals surface area contributed by atoms with E-state index in [1.54, 1.807) is 32.3 Å². The minimum Gasteiger partial charge on any atom is -0.383 e. The van der Waals surface area contributed by atoms with Crippen molar-refractivity contribution in [1.82, 2.24) is 9.88 Å². The molecule has 0 saturated carbocycles. The minimum absolute atomic E-state index is 0.0102. The second kappa shape index (κ2) is 13.3. The largest absolute Gasteiger partial charge is 0.383 e. The molecular formula is C31H35N5O4S. The van der Waals surface area contributed by atoms with Gasteiger partial charge in [0.15, 0.2) is 9.84 Å². The number of anilines is 3. The Morgan fingerprint density at radius 2 is 1.73 bits per heavy atom. The number of likely N-dealkylation sites (N-methyl/N-ethyl adjacent to an activating group) is 1. The molecule has 4 aromatic rings. The number of nitrogen functional groups attached to an aromatic ring is 1. The van der Waals surface area contributed by atoms with Crippen molar-refractivity contribution in [2.24, 2.45) is 0 Å². The predicted octanol–water partition coefficient (Wildman–Crippen LogP) is 4.64. The molecular weight excluding hydrogens is 538 g/mol. The summed E-state index contributed by atoms with van der Waals surface area (Å²) < 4.78 is 25.6. The molecule has 0 radical (unpaired) electrons. The SMILES string of the molecule is CCS(=O)(=O)c1ccc(NC(=O)CCCc2ccccc2)cc1CN(C)C(=O)CNc1ccc2c(N)nccc2c1. The number of rotatable bonds is 12. The first-order valence-electron chi connectivity index (χ1n) is 13.5. The number of amides is 2. The van der Waals surface area contributed by atoms with Gasteiger partial charge in [0, 0.05) is 43.0 Å². The standard InChI is InChI=1S/C31H35N5O4S/c1-3-41(39,40)28-15-13-26(35-29(37)11-7-10-22-8-5-4-6-9-22)19-24(28)21-36(2)30(38)20-34-25-12-14-27-23(18-25)16-17-33-31(27)32/h4-6,8-9,12-19,34H,3,7,10-11,20-21H2,1-2H3,(H2,32,33)(H,35,37). The molecule has 9 nitrogen and oxygen atoms in total. The lowest BCUT2D eigenvalue weighted by atomic mass is 10.1. The highest BCUT2D eigenvalue weighted by Crippen LogP contribution is 2.24. The number of hydrogen-bond donors (Lipinski definition) is 3. The Morgan fingerprint density at radius 3 is 2.49 bits per heavy atom. The molecule has 10 heteroatoms. The van der Waals surface area contributed by atoms with E-state index in [1.807, 2.05) is 54.6 Å². The summed E-state index contributed by atoms with van der Waals surface area (Å²) in [7, 11) is -1.93. The molecule has 1 aromatic heterocycles. The van der Waals surface area contributed by atoms with Gasteiger partial charge in [-0.15, -0.1) is 0 Å². The fourth-order valence-corrected chi connectivity index (χ4v) is 5.64. The van der Waals surface area contributed by atoms with Gasteiger partial charge >= 0.3 is 0 Å². The van der Waals surface area contributed by atoms with Gasteiger partial charge in [-0.25, -0.2) is 13.4 Å². The molecule has 0 unspecified atom stereocenters. The molecule has 0 saturated heterocycles. The molecule has 4 rings (SSSR count). The van der Waals surface area contributed by atoms with Gasteiger partial charge in [0.05, 0.1) is 17.2 Å². The van der Waals surface area contributed by atoms with Gasteiger partial charge < -0.3 is 21.3 Å². The zero-order valence-corrected chi connectivity index (χ0v) is 24.1. The number of benzene rings is 3. The molecule has 214 valence electrons. The highest BCUT2D eigenvalue weighted by Gasteiger charge is 2.20. The first-order chi connectivity index (χ1) is 19.7. The van der Waals surface area contributed by atoms with Gasteiger partial charge in [0.2, 0.25) is 11.8 Å². The number of carbonyl (C=O) groups excluding carboxylic acids is 2. The Morgan fingerprint density at radius 1 is 0.976 bits per heavy atom. The second-order valence-electron chi connectivity index (χ2n) is 9.85. The summed E-state index contributed by atoms with van der Waals surface area (Å²) in [4.78, 5) is 31.3. The summed E-state index contributed by atoms with van der Waals surface area (Å²) in [6.45, 7) is 1.65. The highest BCUT2D eigenvalue weighted by atomic mass is 32.2. The smallest absolute Gasteiger partial charge is 0.241 e. The second-order valence-corrected chi connectivity index (χ2v) is 12.1. The summed E-state index contributed by atoms with van der Waals surface area (Å²) in [5.74, 6) is -0.0192. The third-order valence-corrected chi connectivity index (χ3v) is 8.67. The zero-order chi connectivity index (χ0) is 29.4. The monoisotopic (exact) mass is 573 g/mol. The number of carbonyl (C=O) groups is 2. The summed E-state index contributed by atoms with van der Waals surface area (Å²) in [5.41, 5.74) is 8.76. The Balaban J connectivity index is 1.41. The number of nitrogens with two attached hydrogens (primary N) is 1. The highest BCUT2D eigenvalue weighted by molar-refractivity contribution is 7.91. The van der Waals surface area contributed by atoms with Crippen molar-refractivity contribution in [3.05, 3.63) is 90.1 Å². The lowest BCUT2D eigenvalue weighted by Crippen LogP contribution is -2.32. The van der Waals surface area contributed by atoms with Gasteiger partial charge in [-0.1, -0.05) is 37.3 Å². The number of nitrogens with one attached hydrogen (secondary N) is 2. The minimum atomic E-state index is -3.55. The van der Waals surface area contributed by atoms with Crippen LogP contribution >= 0.6 is 0 Å². The lowest BCUT2D eigenvalue weighted by Gasteiger charge is -2.21. The van der Waals surface area contributed by atoms with Crippen molar-refractivity contribution in [3.8, 4) is 0 Å². The Labute approximate surface area is 240 Å². The molecule has 41 heavy (non-hydrogen) atoms. The zero-order valence-electron chi connectivity index (χ0n) is 23.3. The van der Waals surface area contributed by atoms with E-state index in [0.29, 0.717) is 29.9 Å². The van der Waals surface area contributed by atoms with E-state index in [9.17, 15) is 18.0 Å². The van der Waals surface area contributed by atoms with Crippen LogP contribution in [0.2, 0.25) is 0 Å². The fourth-order valence-electron chi connectivity index (χ4n) is 4.53. The number of aryl methyl sites for hydroxylation is 1. The molecule has 0 aliphatic heterocycles. The molecule has 1 heterocycles. The fraction of sp³-hybridized carbons (Fsp3) is 0.258. The van der Waals surface area contributed by atoms with Crippen molar-refractivity contribution in [1.29, 1.82) is 0 Å². The van der Waals surface area contributed by atoms with Gasteiger partial charge in [-0.2, -0.15) is 0 Å². The predicted molar refractivity (Wildman–Crippen MR) is 163 cm³/mol. The number of hydrogen-bond acceptors (Lipinski definition) is 7. The Hall–Kier alpha value is -4.44. The molecule has 0 spiro atoms. The lowest BCUT2D eigenvalue weighted by molar-refractivity contribution is -0.128. The number of sulfone groups is 1. The summed E-state index contributed by atoms with van der Waals surface area (Å²) >= 11 is 0. The van der Waals surface area contributed by atoms with Crippen molar-refractivity contribution in [2.75, 3.05) is 35.7 Å². The maximum atomic E-state index is 13.0. The van der Waals surface area contributed by atoms with Crippen LogP contribution in [0.25, 0.3) is 10.8 Å². The number of aromatic nitrogens is 1. The Bertz CT molecular complexity index is 1640. The first-order valence-corrected chi connectivity index (χ1v) is 15.1. The molecule has 4 N–H and O–H groups in total. The van der Waals surface area contributed by atoms with Crippen molar-refractivity contribution in [3.63, 3.8) is 0 Å². The van der Waals surface area contributed by atoms with Crippen LogP contribution in [0.4, 0.5) is 17.2 Å². The molecule has 0 aliphatic rings. The molecule has 0 aliphatic carbocycles. The van der Waals surface area contributed by atoms with E-state index in [4.69, 9.17) is 5.73 Å². The van der Waals surface area contributed by atoms with E-state index in [1.165, 1.54) is 16.5 Å². The van der Waals surface area contributed by atoms with Gasteiger partial charge in [-0.05, 0) is 71.8 Å². The van der Waals surface area contributed by atoms with Crippen LogP contribution in [0.15, 0.2) is 83.9 Å². The van der Waals surface area contributed by atoms with E-state index < -0.39 is 9.84 Å². The molecule has 0 fully saturated rings. The average Bonchev–Trinajstić information content (AvgIpc) is 2.96. The molecule has 0 atom stereocenters. The van der Waals surface area contributed by atoms with E-state index >= 15 is 0 Å². The van der Waals surface area contributed by atoms with Crippen LogP contribution in [-0.4, -0.2) is 49.5 Å². The van der Waals surface area contributed by atoms with Crippen molar-refractivity contribution < 1.29 is 18.0 Å². The van der Waals surface area contributed by atoms with Crippen LogP contribution in [-0.2, 0) is 32.4 Å². The van der Waals surface area contributed by atoms with E-state index in [-0.39, 0.29) is 35.6 Å². The van der Waals surface area contributed by atoms with Gasteiger partial charge in [0.1, 0.15) is 5.82 Å². The van der Waals surface area contributed by atoms with Crippen LogP contribution in [0.5, 0.6) is 0 Å². The quantitative estimate of drug-likeness (QED) is 0.225. The molecule has 3 aromatic carbocycles. The average molecular weight is 574 g/mol. The third kappa shape index (κ3) is 7.82. The van der Waals surface area contributed by atoms with Crippen LogP contribution in [0.3, 0.4) is 0 Å². The van der Waals surface area contributed by atoms with Crippen LogP contribution in [0, 0.1) is 0 Å². The first kappa shape index (κ1) is 29.5. The maximum Gasteiger partial charge on any atom is 0.241 e. The van der Waals surface area contributed by atoms with Crippen LogP contribution < -0.4 is 16.4 Å². The Kier molecular flexibility index (Phi) is 9.57. The van der Waals surface area contributed by atoms with E-state index in [0.717, 1.165) is 22.9 Å². The maximum absolute atomic E-state index is 13.0. The number of fused-ring (bicyclic) bond motifs is 1. The number of pyridine rings is 1. The van der Waals surface area contributed by atoms with Crippen LogP contribution in [0.1, 0.15) is 30.9 Å². The van der Waals surface area contributed by atoms with E-state index in [2.05, 4.69) is 15.6 Å². The summed E-state index contributed by atoms with van der Waals surface area (Å²) in [5, 5.41) is 7.72. The topological polar surface area (TPSA) is 134 Å². The molecule has 2 amide bonds. The normalized spacial score (nSPS) is 11.3. The van der Waals surface area contributed by atoms with Gasteiger partial charge in [-0.3, -0.25) is 9.59 Å². The van der Waals surface area contributed by atoms with Crippen molar-refractivity contribution in [2.45, 2.75) is 37.6 Å². The summed E-state index contributed by atoms with van der Waals surface area (Å²) in [6, 6.07) is 22.1. The van der Waals surface area contributed by atoms with Gasteiger partial charge in [0.25, 0.3) is 0 Å². The third-order valence-electron chi connectivity index (χ3n) is 6.84. The summed E-state index contributed by atoms with van der Waals surface area (Å²) in [6.07, 6.45) is 3.44.